The van der Waals surface area contributed by atoms with Crippen LogP contribution in [0.3, 0.4) is 0 Å². The molecule has 3 N–H and O–H groups in total. The lowest BCUT2D eigenvalue weighted by Crippen LogP contribution is -2.30. The fourth-order valence-corrected chi connectivity index (χ4v) is 2.25. The molecule has 0 bridgehead atoms. The molecule has 0 aliphatic rings. The van der Waals surface area contributed by atoms with Gasteiger partial charge in [-0.25, -0.2) is 8.78 Å². The molecule has 0 saturated heterocycles. The zero-order chi connectivity index (χ0) is 17.5. The van der Waals surface area contributed by atoms with Gasteiger partial charge < -0.3 is 15.7 Å². The summed E-state index contributed by atoms with van der Waals surface area (Å²) >= 11 is 0. The molecular formula is C18H20F2N2O2. The van der Waals surface area contributed by atoms with Gasteiger partial charge in [0.25, 0.3) is 0 Å². The van der Waals surface area contributed by atoms with E-state index in [2.05, 4.69) is 10.6 Å². The van der Waals surface area contributed by atoms with Crippen LogP contribution >= 0.6 is 0 Å². The van der Waals surface area contributed by atoms with Gasteiger partial charge in [0, 0.05) is 30.3 Å². The van der Waals surface area contributed by atoms with E-state index in [4.69, 9.17) is 5.11 Å². The smallest absolute Gasteiger partial charge is 0.225 e. The first-order chi connectivity index (χ1) is 11.5. The fourth-order valence-electron chi connectivity index (χ4n) is 2.25. The summed E-state index contributed by atoms with van der Waals surface area (Å²) in [4.78, 5) is 11.9. The first kappa shape index (κ1) is 18.0. The van der Waals surface area contributed by atoms with E-state index < -0.39 is 5.82 Å². The third-order valence-corrected chi connectivity index (χ3v) is 3.55. The molecule has 24 heavy (non-hydrogen) atoms. The molecule has 2 aromatic carbocycles. The van der Waals surface area contributed by atoms with Gasteiger partial charge in [-0.3, -0.25) is 4.79 Å². The number of rotatable bonds is 7. The van der Waals surface area contributed by atoms with E-state index in [9.17, 15) is 13.6 Å². The number of hydrogen-bond acceptors (Lipinski definition) is 3. The number of aliphatic hydroxyl groups excluding tert-OH is 1. The lowest BCUT2D eigenvalue weighted by Gasteiger charge is -2.14. The van der Waals surface area contributed by atoms with Crippen LogP contribution in [0.2, 0.25) is 0 Å². The summed E-state index contributed by atoms with van der Waals surface area (Å²) in [6.45, 7) is 1.97. The predicted molar refractivity (Wildman–Crippen MR) is 88.3 cm³/mol. The Labute approximate surface area is 139 Å². The maximum Gasteiger partial charge on any atom is 0.225 e. The number of aliphatic hydroxyl groups is 1. The van der Waals surface area contributed by atoms with Gasteiger partial charge >= 0.3 is 0 Å². The number of halogens is 2. The quantitative estimate of drug-likeness (QED) is 0.729. The number of amides is 1. The molecule has 2 aromatic rings. The molecule has 128 valence electrons. The predicted octanol–water partition coefficient (Wildman–Crippen LogP) is 2.96. The molecule has 0 spiro atoms. The summed E-state index contributed by atoms with van der Waals surface area (Å²) in [5, 5.41) is 14.9. The van der Waals surface area contributed by atoms with Gasteiger partial charge in [0.05, 0.1) is 6.61 Å². The standard InChI is InChI=1S/C18H20F2N2O2/c1-12(8-18(24)22-16-5-3-15(19)4-6-16)21-10-13-2-7-17(20)14(9-13)11-23/h2-7,9,12,21,23H,8,10-11H2,1H3,(H,22,24). The van der Waals surface area contributed by atoms with E-state index in [0.29, 0.717) is 12.2 Å². The van der Waals surface area contributed by atoms with Crippen LogP contribution in [0, 0.1) is 11.6 Å². The van der Waals surface area contributed by atoms with Gasteiger partial charge in [-0.05, 0) is 48.9 Å². The van der Waals surface area contributed by atoms with Crippen molar-refractivity contribution in [1.29, 1.82) is 0 Å². The molecule has 1 atom stereocenters. The SMILES string of the molecule is CC(CC(=O)Nc1ccc(F)cc1)NCc1ccc(F)c(CO)c1. The van der Waals surface area contributed by atoms with Crippen LogP contribution in [0.25, 0.3) is 0 Å². The molecule has 0 aliphatic heterocycles. The van der Waals surface area contributed by atoms with E-state index in [1.165, 1.54) is 30.3 Å². The normalized spacial score (nSPS) is 12.0. The molecule has 0 fully saturated rings. The van der Waals surface area contributed by atoms with Crippen molar-refractivity contribution in [3.63, 3.8) is 0 Å². The lowest BCUT2D eigenvalue weighted by atomic mass is 10.1. The third-order valence-electron chi connectivity index (χ3n) is 3.55. The van der Waals surface area contributed by atoms with Crippen molar-refractivity contribution in [3.8, 4) is 0 Å². The van der Waals surface area contributed by atoms with Gasteiger partial charge in [-0.15, -0.1) is 0 Å². The Kier molecular flexibility index (Phi) is 6.40. The Morgan fingerprint density at radius 3 is 2.54 bits per heavy atom. The topological polar surface area (TPSA) is 61.4 Å². The number of hydrogen-bond donors (Lipinski definition) is 3. The zero-order valence-electron chi connectivity index (χ0n) is 13.4. The Morgan fingerprint density at radius 2 is 1.88 bits per heavy atom. The zero-order valence-corrected chi connectivity index (χ0v) is 13.4. The number of carbonyl (C=O) groups excluding carboxylic acids is 1. The number of benzene rings is 2. The summed E-state index contributed by atoms with van der Waals surface area (Å²) in [6, 6.07) is 10.00. The van der Waals surface area contributed by atoms with Gasteiger partial charge in [-0.2, -0.15) is 0 Å². The van der Waals surface area contributed by atoms with E-state index in [1.807, 2.05) is 6.92 Å². The Bertz CT molecular complexity index is 690. The highest BCUT2D eigenvalue weighted by molar-refractivity contribution is 5.91. The van der Waals surface area contributed by atoms with Crippen LogP contribution in [-0.2, 0) is 17.9 Å². The van der Waals surface area contributed by atoms with Gasteiger partial charge in [0.2, 0.25) is 5.91 Å². The van der Waals surface area contributed by atoms with Crippen molar-refractivity contribution in [2.75, 3.05) is 5.32 Å². The molecule has 0 saturated carbocycles. The monoisotopic (exact) mass is 334 g/mol. The van der Waals surface area contributed by atoms with Gasteiger partial charge in [0.1, 0.15) is 11.6 Å². The van der Waals surface area contributed by atoms with E-state index in [-0.39, 0.29) is 36.4 Å². The minimum Gasteiger partial charge on any atom is -0.392 e. The molecule has 0 aliphatic carbocycles. The third kappa shape index (κ3) is 5.40. The van der Waals surface area contributed by atoms with Crippen LogP contribution in [0.1, 0.15) is 24.5 Å². The van der Waals surface area contributed by atoms with Crippen LogP contribution in [-0.4, -0.2) is 17.1 Å². The van der Waals surface area contributed by atoms with Gasteiger partial charge in [-0.1, -0.05) is 6.07 Å². The van der Waals surface area contributed by atoms with Crippen molar-refractivity contribution in [1.82, 2.24) is 5.32 Å². The molecule has 0 heterocycles. The van der Waals surface area contributed by atoms with Gasteiger partial charge in [0.15, 0.2) is 0 Å². The highest BCUT2D eigenvalue weighted by Gasteiger charge is 2.10. The van der Waals surface area contributed by atoms with Crippen molar-refractivity contribution < 1.29 is 18.7 Å². The number of nitrogens with one attached hydrogen (secondary N) is 2. The van der Waals surface area contributed by atoms with Crippen molar-refractivity contribution in [3.05, 3.63) is 65.2 Å². The van der Waals surface area contributed by atoms with Crippen LogP contribution in [0.15, 0.2) is 42.5 Å². The molecule has 1 amide bonds. The largest absolute Gasteiger partial charge is 0.392 e. The average molecular weight is 334 g/mol. The molecule has 6 heteroatoms. The molecule has 4 nitrogen and oxygen atoms in total. The maximum absolute atomic E-state index is 13.3. The molecule has 0 radical (unpaired) electrons. The van der Waals surface area contributed by atoms with E-state index >= 15 is 0 Å². The second-order valence-electron chi connectivity index (χ2n) is 5.63. The summed E-state index contributed by atoms with van der Waals surface area (Å²) in [6.07, 6.45) is 0.241. The minimum absolute atomic E-state index is 0.104. The molecular weight excluding hydrogens is 314 g/mol. The number of anilines is 1. The van der Waals surface area contributed by atoms with Crippen LogP contribution < -0.4 is 10.6 Å². The Balaban J connectivity index is 1.81. The molecule has 1 unspecified atom stereocenters. The van der Waals surface area contributed by atoms with Crippen LogP contribution in [0.5, 0.6) is 0 Å². The fraction of sp³-hybridized carbons (Fsp3) is 0.278. The lowest BCUT2D eigenvalue weighted by molar-refractivity contribution is -0.116. The molecule has 0 aromatic heterocycles. The van der Waals surface area contributed by atoms with Crippen molar-refractivity contribution in [2.24, 2.45) is 0 Å². The first-order valence-corrected chi connectivity index (χ1v) is 7.65. The maximum atomic E-state index is 13.3. The number of carbonyl (C=O) groups is 1. The van der Waals surface area contributed by atoms with Crippen LogP contribution in [0.4, 0.5) is 14.5 Å². The minimum atomic E-state index is -0.437. The van der Waals surface area contributed by atoms with Crippen molar-refractivity contribution >= 4 is 11.6 Å². The van der Waals surface area contributed by atoms with Crippen molar-refractivity contribution in [2.45, 2.75) is 32.5 Å². The Hall–Kier alpha value is -2.31. The highest BCUT2D eigenvalue weighted by atomic mass is 19.1. The second kappa shape index (κ2) is 8.52. The Morgan fingerprint density at radius 1 is 1.17 bits per heavy atom. The summed E-state index contributed by atoms with van der Waals surface area (Å²) in [7, 11) is 0. The molecule has 2 rings (SSSR count). The second-order valence-corrected chi connectivity index (χ2v) is 5.63. The average Bonchev–Trinajstić information content (AvgIpc) is 2.56. The van der Waals surface area contributed by atoms with E-state index in [1.54, 1.807) is 12.1 Å². The summed E-state index contributed by atoms with van der Waals surface area (Å²) < 4.78 is 26.1. The van der Waals surface area contributed by atoms with E-state index in [0.717, 1.165) is 5.56 Å². The first-order valence-electron chi connectivity index (χ1n) is 7.65. The summed E-state index contributed by atoms with van der Waals surface area (Å²) in [5.74, 6) is -0.977. The summed E-state index contributed by atoms with van der Waals surface area (Å²) in [5.41, 5.74) is 1.61. The highest BCUT2D eigenvalue weighted by Crippen LogP contribution is 2.12.